The predicted molar refractivity (Wildman–Crippen MR) is 90.3 cm³/mol. The molecule has 1 aromatic heterocycles. The van der Waals surface area contributed by atoms with Crippen molar-refractivity contribution in [3.8, 4) is 0 Å². The molecule has 112 valence electrons. The van der Waals surface area contributed by atoms with Gasteiger partial charge in [0, 0.05) is 29.2 Å². The maximum absolute atomic E-state index is 13.5. The normalized spacial score (nSPS) is 11.2. The molecule has 0 saturated carbocycles. The summed E-state index contributed by atoms with van der Waals surface area (Å²) >= 11 is 0. The average Bonchev–Trinajstić information content (AvgIpc) is 2.92. The highest BCUT2D eigenvalue weighted by Gasteiger charge is 2.10. The standard InChI is InChI=1S/C20H14FNO/c21-17-8-9-20-19(10-17)16(13-23)12-22(20)11-15-6-3-5-14-4-1-2-7-18(14)15/h1-10,12-13H,11H2. The Balaban J connectivity index is 1.88. The SMILES string of the molecule is O=Cc1cn(Cc2cccc3ccccc23)c2ccc(F)cc12. The van der Waals surface area contributed by atoms with Crippen LogP contribution in [0, 0.1) is 5.82 Å². The first-order chi connectivity index (χ1) is 11.3. The minimum absolute atomic E-state index is 0.330. The lowest BCUT2D eigenvalue weighted by Gasteiger charge is -2.09. The Morgan fingerprint density at radius 3 is 2.65 bits per heavy atom. The lowest BCUT2D eigenvalue weighted by Crippen LogP contribution is -1.98. The summed E-state index contributed by atoms with van der Waals surface area (Å²) in [6.07, 6.45) is 2.57. The molecule has 0 aliphatic rings. The number of halogens is 1. The highest BCUT2D eigenvalue weighted by atomic mass is 19.1. The fourth-order valence-corrected chi connectivity index (χ4v) is 3.14. The first kappa shape index (κ1) is 13.7. The summed E-state index contributed by atoms with van der Waals surface area (Å²) in [5, 5.41) is 3.02. The molecule has 0 bridgehead atoms. The van der Waals surface area contributed by atoms with Crippen LogP contribution in [0.15, 0.2) is 66.9 Å². The smallest absolute Gasteiger partial charge is 0.152 e. The molecule has 2 nitrogen and oxygen atoms in total. The maximum Gasteiger partial charge on any atom is 0.152 e. The third-order valence-electron chi connectivity index (χ3n) is 4.22. The minimum atomic E-state index is -0.330. The van der Waals surface area contributed by atoms with Crippen LogP contribution in [-0.4, -0.2) is 10.9 Å². The van der Waals surface area contributed by atoms with E-state index in [1.165, 1.54) is 28.5 Å². The molecule has 0 aliphatic carbocycles. The van der Waals surface area contributed by atoms with E-state index in [4.69, 9.17) is 0 Å². The van der Waals surface area contributed by atoms with E-state index in [2.05, 4.69) is 24.3 Å². The second-order valence-corrected chi connectivity index (χ2v) is 5.63. The first-order valence-corrected chi connectivity index (χ1v) is 7.46. The van der Waals surface area contributed by atoms with Gasteiger partial charge in [0.05, 0.1) is 0 Å². The zero-order valence-electron chi connectivity index (χ0n) is 12.4. The van der Waals surface area contributed by atoms with Crippen LogP contribution < -0.4 is 0 Å². The quantitative estimate of drug-likeness (QED) is 0.499. The Morgan fingerprint density at radius 2 is 1.78 bits per heavy atom. The topological polar surface area (TPSA) is 22.0 Å². The molecule has 0 fully saturated rings. The van der Waals surface area contributed by atoms with Crippen molar-refractivity contribution in [3.05, 3.63) is 83.8 Å². The highest BCUT2D eigenvalue weighted by molar-refractivity contribution is 5.97. The van der Waals surface area contributed by atoms with Crippen LogP contribution in [0.1, 0.15) is 15.9 Å². The molecular weight excluding hydrogens is 289 g/mol. The number of rotatable bonds is 3. The number of aldehydes is 1. The monoisotopic (exact) mass is 303 g/mol. The summed E-state index contributed by atoms with van der Waals surface area (Å²) < 4.78 is 15.5. The number of fused-ring (bicyclic) bond motifs is 2. The summed E-state index contributed by atoms with van der Waals surface area (Å²) in [5.41, 5.74) is 2.54. The zero-order valence-corrected chi connectivity index (χ0v) is 12.4. The van der Waals surface area contributed by atoms with Gasteiger partial charge in [0.15, 0.2) is 6.29 Å². The van der Waals surface area contributed by atoms with Gasteiger partial charge in [0.1, 0.15) is 5.82 Å². The van der Waals surface area contributed by atoms with Gasteiger partial charge in [-0.3, -0.25) is 4.79 Å². The molecule has 3 heteroatoms. The van der Waals surface area contributed by atoms with Gasteiger partial charge in [-0.15, -0.1) is 0 Å². The Morgan fingerprint density at radius 1 is 0.957 bits per heavy atom. The molecule has 4 aromatic rings. The van der Waals surface area contributed by atoms with Gasteiger partial charge < -0.3 is 4.57 Å². The molecule has 23 heavy (non-hydrogen) atoms. The van der Waals surface area contributed by atoms with Crippen molar-refractivity contribution in [2.75, 3.05) is 0 Å². The highest BCUT2D eigenvalue weighted by Crippen LogP contribution is 2.25. The van der Waals surface area contributed by atoms with Gasteiger partial charge in [0.2, 0.25) is 0 Å². The van der Waals surface area contributed by atoms with Crippen LogP contribution in [0.5, 0.6) is 0 Å². The van der Waals surface area contributed by atoms with Crippen LogP contribution in [0.25, 0.3) is 21.7 Å². The van der Waals surface area contributed by atoms with Crippen molar-refractivity contribution in [2.45, 2.75) is 6.54 Å². The van der Waals surface area contributed by atoms with Gasteiger partial charge in [-0.25, -0.2) is 4.39 Å². The average molecular weight is 303 g/mol. The van der Waals surface area contributed by atoms with Gasteiger partial charge in [-0.05, 0) is 34.5 Å². The minimum Gasteiger partial charge on any atom is -0.342 e. The first-order valence-electron chi connectivity index (χ1n) is 7.46. The number of aromatic nitrogens is 1. The second kappa shape index (κ2) is 5.36. The summed E-state index contributed by atoms with van der Waals surface area (Å²) in [5.74, 6) is -0.330. The van der Waals surface area contributed by atoms with Crippen molar-refractivity contribution >= 4 is 28.0 Å². The maximum atomic E-state index is 13.5. The molecule has 0 atom stereocenters. The van der Waals surface area contributed by atoms with Crippen molar-refractivity contribution in [2.24, 2.45) is 0 Å². The van der Waals surface area contributed by atoms with E-state index in [0.29, 0.717) is 17.5 Å². The Bertz CT molecular complexity index is 1030. The van der Waals surface area contributed by atoms with Gasteiger partial charge in [-0.2, -0.15) is 0 Å². The van der Waals surface area contributed by atoms with E-state index in [1.807, 2.05) is 22.8 Å². The van der Waals surface area contributed by atoms with Gasteiger partial charge in [0.25, 0.3) is 0 Å². The predicted octanol–water partition coefficient (Wildman–Crippen LogP) is 4.79. The molecule has 0 spiro atoms. The van der Waals surface area contributed by atoms with E-state index in [9.17, 15) is 9.18 Å². The molecule has 4 rings (SSSR count). The summed E-state index contributed by atoms with van der Waals surface area (Å²) in [6, 6.07) is 19.0. The third-order valence-corrected chi connectivity index (χ3v) is 4.22. The van der Waals surface area contributed by atoms with E-state index >= 15 is 0 Å². The van der Waals surface area contributed by atoms with Crippen molar-refractivity contribution in [1.29, 1.82) is 0 Å². The number of carbonyl (C=O) groups is 1. The second-order valence-electron chi connectivity index (χ2n) is 5.63. The van der Waals surface area contributed by atoms with Crippen LogP contribution >= 0.6 is 0 Å². The molecule has 0 N–H and O–H groups in total. The molecule has 0 amide bonds. The fourth-order valence-electron chi connectivity index (χ4n) is 3.14. The van der Waals surface area contributed by atoms with E-state index in [0.717, 1.165) is 11.8 Å². The Hall–Kier alpha value is -2.94. The van der Waals surface area contributed by atoms with Crippen LogP contribution in [-0.2, 0) is 6.54 Å². The van der Waals surface area contributed by atoms with Crippen LogP contribution in [0.4, 0.5) is 4.39 Å². The molecule has 3 aromatic carbocycles. The molecule has 0 aliphatic heterocycles. The zero-order chi connectivity index (χ0) is 15.8. The Kier molecular flexibility index (Phi) is 3.19. The van der Waals surface area contributed by atoms with E-state index in [-0.39, 0.29) is 5.82 Å². The van der Waals surface area contributed by atoms with Crippen LogP contribution in [0.2, 0.25) is 0 Å². The van der Waals surface area contributed by atoms with Gasteiger partial charge in [-0.1, -0.05) is 42.5 Å². The number of benzene rings is 3. The molecule has 0 radical (unpaired) electrons. The van der Waals surface area contributed by atoms with Crippen molar-refractivity contribution in [1.82, 2.24) is 4.57 Å². The van der Waals surface area contributed by atoms with Gasteiger partial charge >= 0.3 is 0 Å². The number of nitrogens with zero attached hydrogens (tertiary/aromatic N) is 1. The summed E-state index contributed by atoms with van der Waals surface area (Å²) in [4.78, 5) is 11.3. The van der Waals surface area contributed by atoms with Crippen LogP contribution in [0.3, 0.4) is 0 Å². The number of hydrogen-bond donors (Lipinski definition) is 0. The molecular formula is C20H14FNO. The molecule has 0 unspecified atom stereocenters. The largest absolute Gasteiger partial charge is 0.342 e. The molecule has 0 saturated heterocycles. The van der Waals surface area contributed by atoms with Crippen molar-refractivity contribution in [3.63, 3.8) is 0 Å². The third kappa shape index (κ3) is 2.30. The molecule has 1 heterocycles. The van der Waals surface area contributed by atoms with Crippen molar-refractivity contribution < 1.29 is 9.18 Å². The fraction of sp³-hybridized carbons (Fsp3) is 0.0500. The van der Waals surface area contributed by atoms with E-state index < -0.39 is 0 Å². The number of hydrogen-bond acceptors (Lipinski definition) is 1. The lowest BCUT2D eigenvalue weighted by atomic mass is 10.0. The van der Waals surface area contributed by atoms with E-state index in [1.54, 1.807) is 12.3 Å². The summed E-state index contributed by atoms with van der Waals surface area (Å²) in [7, 11) is 0. The Labute approximate surface area is 132 Å². The number of carbonyl (C=O) groups excluding carboxylic acids is 1. The lowest BCUT2D eigenvalue weighted by molar-refractivity contribution is 0.112. The summed E-state index contributed by atoms with van der Waals surface area (Å²) in [6.45, 7) is 0.636.